The minimum absolute atomic E-state index is 0.0403. The number of phenolic OH excluding ortho intramolecular Hbond substituents is 5. The van der Waals surface area contributed by atoms with Gasteiger partial charge in [-0.3, -0.25) is 9.36 Å². The SMILES string of the molecule is COc1cccc(C(=O)O)c1OC.COc1cccc2c(=O)c3c(O)cc(O)cc3oc12.O=P(Cl)(Cl)Cl.Oc1cc(O)cc(O)c1.[Cl][Zn][Cl]. The molecule has 1 aromatic heterocycles. The molecule has 262 valence electrons. The van der Waals surface area contributed by atoms with E-state index in [1.54, 1.807) is 30.3 Å². The molecule has 49 heavy (non-hydrogen) atoms. The predicted octanol–water partition coefficient (Wildman–Crippen LogP) is 8.76. The Morgan fingerprint density at radius 3 is 1.65 bits per heavy atom. The fourth-order valence-corrected chi connectivity index (χ4v) is 3.74. The van der Waals surface area contributed by atoms with Crippen molar-refractivity contribution in [3.63, 3.8) is 0 Å². The van der Waals surface area contributed by atoms with Crippen molar-refractivity contribution in [1.82, 2.24) is 0 Å². The Kier molecular flexibility index (Phi) is 18.6. The van der Waals surface area contributed by atoms with E-state index in [0.717, 1.165) is 24.3 Å². The van der Waals surface area contributed by atoms with Crippen LogP contribution in [0.3, 0.4) is 0 Å². The molecule has 0 saturated heterocycles. The molecule has 0 radical (unpaired) electrons. The van der Waals surface area contributed by atoms with Crippen molar-refractivity contribution in [2.45, 2.75) is 0 Å². The summed E-state index contributed by atoms with van der Waals surface area (Å²) >= 11 is 12.9. The summed E-state index contributed by atoms with van der Waals surface area (Å²) in [6, 6.07) is 15.4. The number of phenols is 5. The van der Waals surface area contributed by atoms with Crippen molar-refractivity contribution >= 4 is 86.2 Å². The van der Waals surface area contributed by atoms with Gasteiger partial charge in [0.15, 0.2) is 22.8 Å². The number of hydrogen-bond acceptors (Lipinski definition) is 12. The fourth-order valence-electron chi connectivity index (χ4n) is 3.74. The van der Waals surface area contributed by atoms with E-state index in [0.29, 0.717) is 16.9 Å². The van der Waals surface area contributed by atoms with E-state index >= 15 is 0 Å². The van der Waals surface area contributed by atoms with Gasteiger partial charge in [-0.15, -0.1) is 0 Å². The van der Waals surface area contributed by atoms with Crippen molar-refractivity contribution in [2.75, 3.05) is 21.3 Å². The van der Waals surface area contributed by atoms with Crippen LogP contribution in [0, 0.1) is 0 Å². The summed E-state index contributed by atoms with van der Waals surface area (Å²) in [6.45, 7) is 0. The van der Waals surface area contributed by atoms with Crippen LogP contribution in [0.15, 0.2) is 75.9 Å². The molecular weight excluding hydrogens is 830 g/mol. The number of aromatic hydroxyl groups is 5. The first kappa shape index (κ1) is 43.5. The van der Waals surface area contributed by atoms with Crippen LogP contribution in [-0.4, -0.2) is 57.9 Å². The molecule has 0 aliphatic heterocycles. The Morgan fingerprint density at radius 1 is 0.755 bits per heavy atom. The van der Waals surface area contributed by atoms with Gasteiger partial charge in [0, 0.05) is 30.3 Å². The van der Waals surface area contributed by atoms with Crippen molar-refractivity contribution in [3.8, 4) is 46.0 Å². The number of hydrogen-bond donors (Lipinski definition) is 6. The zero-order valence-electron chi connectivity index (χ0n) is 25.4. The van der Waals surface area contributed by atoms with Gasteiger partial charge in [0.05, 0.1) is 26.7 Å². The number of rotatable bonds is 4. The van der Waals surface area contributed by atoms with E-state index in [4.69, 9.17) is 58.4 Å². The van der Waals surface area contributed by atoms with Crippen LogP contribution in [0.1, 0.15) is 10.4 Å². The number of carboxylic acid groups (broad SMARTS) is 1. The number of halogens is 5. The topological polar surface area (TPSA) is 213 Å². The van der Waals surface area contributed by atoms with Crippen molar-refractivity contribution in [2.24, 2.45) is 0 Å². The summed E-state index contributed by atoms with van der Waals surface area (Å²) in [7, 11) is 14.2. The summed E-state index contributed by atoms with van der Waals surface area (Å²) in [6.07, 6.45) is 0. The van der Waals surface area contributed by atoms with Gasteiger partial charge < -0.3 is 49.3 Å². The Labute approximate surface area is 308 Å². The van der Waals surface area contributed by atoms with E-state index in [1.807, 2.05) is 0 Å². The molecule has 0 fully saturated rings. The zero-order chi connectivity index (χ0) is 37.5. The number of ether oxygens (including phenoxy) is 3. The summed E-state index contributed by atoms with van der Waals surface area (Å²) in [4.78, 5) is 23.0. The maximum atomic E-state index is 12.3. The second-order valence-corrected chi connectivity index (χ2v) is 19.9. The van der Waals surface area contributed by atoms with Crippen molar-refractivity contribution in [3.05, 3.63) is 82.5 Å². The first-order chi connectivity index (χ1) is 22.9. The predicted molar refractivity (Wildman–Crippen MR) is 185 cm³/mol. The van der Waals surface area contributed by atoms with Crippen LogP contribution >= 0.6 is 58.3 Å². The van der Waals surface area contributed by atoms with Gasteiger partial charge in [0.25, 0.3) is 0 Å². The van der Waals surface area contributed by atoms with Gasteiger partial charge in [-0.1, -0.05) is 12.1 Å². The van der Waals surface area contributed by atoms with E-state index in [1.165, 1.54) is 33.5 Å². The monoisotopic (exact) mass is 852 g/mol. The molecule has 0 aliphatic rings. The minimum atomic E-state index is -3.22. The van der Waals surface area contributed by atoms with E-state index in [2.05, 4.69) is 33.7 Å². The molecule has 13 nitrogen and oxygen atoms in total. The molecular formula is C29H26Cl5O13PZn. The first-order valence-electron chi connectivity index (χ1n) is 12.8. The van der Waals surface area contributed by atoms with Gasteiger partial charge in [0.2, 0.25) is 5.43 Å². The Balaban J connectivity index is 0.000000348. The third-order valence-corrected chi connectivity index (χ3v) is 5.47. The quantitative estimate of drug-likeness (QED) is 0.0567. The molecule has 0 aliphatic carbocycles. The van der Waals surface area contributed by atoms with E-state index in [9.17, 15) is 24.4 Å². The van der Waals surface area contributed by atoms with Crippen LogP contribution in [-0.2, 0) is 19.7 Å². The van der Waals surface area contributed by atoms with E-state index in [-0.39, 0.29) is 62.0 Å². The molecule has 0 atom stereocenters. The number of carbonyl (C=O) groups is 1. The molecule has 6 N–H and O–H groups in total. The van der Waals surface area contributed by atoms with Gasteiger partial charge >= 0.3 is 45.7 Å². The average Bonchev–Trinajstić information content (AvgIpc) is 2.99. The second kappa shape index (κ2) is 20.9. The first-order valence-corrected chi connectivity index (χ1v) is 25.1. The molecule has 0 bridgehead atoms. The molecule has 5 aromatic rings. The summed E-state index contributed by atoms with van der Waals surface area (Å²) in [5, 5.41) is 51.1. The molecule has 4 aromatic carbocycles. The molecule has 5 rings (SSSR count). The van der Waals surface area contributed by atoms with Crippen LogP contribution < -0.4 is 19.6 Å². The summed E-state index contributed by atoms with van der Waals surface area (Å²) in [5.74, 6) is -0.877. The van der Waals surface area contributed by atoms with Gasteiger partial charge in [-0.25, -0.2) is 4.79 Å². The third kappa shape index (κ3) is 14.5. The standard InChI is InChI=1S/C14H10O5.C9H10O4.C6H6O3.Cl3OP.2ClH.Zn/c1-18-10-4-2-3-8-13(17)12-9(16)5-7(15)6-11(12)19-14(8)10;1-12-7-5-3-4-6(9(10)11)8(7)13-2;7-4-1-5(8)3-6(9)2-4;1-5(2,3)4;;;/h2-6,15-16H,1H3;3-5H,1-2H3,(H,10,11);1-3,7-9H;;2*1H;/q;;;;;;+2/p-2. The fraction of sp³-hybridized carbons (Fsp3) is 0.103. The van der Waals surface area contributed by atoms with Crippen LogP contribution in [0.4, 0.5) is 0 Å². The number of aromatic carboxylic acids is 1. The molecule has 20 heteroatoms. The number of methoxy groups -OCH3 is 3. The molecule has 0 unspecified atom stereocenters. The Hall–Kier alpha value is -3.48. The molecule has 1 heterocycles. The van der Waals surface area contributed by atoms with Crippen molar-refractivity contribution in [1.29, 1.82) is 0 Å². The number of para-hydroxylation sites is 2. The number of benzene rings is 4. The van der Waals surface area contributed by atoms with Gasteiger partial charge in [-0.05, 0) is 58.0 Å². The second-order valence-electron chi connectivity index (χ2n) is 8.66. The maximum absolute atomic E-state index is 12.3. The summed E-state index contributed by atoms with van der Waals surface area (Å²) in [5.41, 5.74) is 0.126. The average molecular weight is 856 g/mol. The Morgan fingerprint density at radius 2 is 1.20 bits per heavy atom. The zero-order valence-corrected chi connectivity index (χ0v) is 33.1. The third-order valence-electron chi connectivity index (χ3n) is 5.47. The number of carboxylic acids is 1. The normalized spacial score (nSPS) is 9.88. The molecule has 0 amide bonds. The van der Waals surface area contributed by atoms with Crippen LogP contribution in [0.2, 0.25) is 0 Å². The molecule has 0 spiro atoms. The van der Waals surface area contributed by atoms with Gasteiger partial charge in [-0.2, -0.15) is 0 Å². The van der Waals surface area contributed by atoms with Crippen LogP contribution in [0.25, 0.3) is 21.9 Å². The van der Waals surface area contributed by atoms with Crippen LogP contribution in [0.5, 0.6) is 46.0 Å². The Bertz CT molecular complexity index is 1910. The van der Waals surface area contributed by atoms with Gasteiger partial charge in [0.1, 0.15) is 45.3 Å². The number of fused-ring (bicyclic) bond motifs is 2. The van der Waals surface area contributed by atoms with E-state index < -0.39 is 26.3 Å². The molecule has 0 saturated carbocycles. The summed E-state index contributed by atoms with van der Waals surface area (Å²) < 4.78 is 30.1. The van der Waals surface area contributed by atoms with Crippen molar-refractivity contribution < 1.29 is 73.8 Å².